The Morgan fingerprint density at radius 1 is 1.43 bits per heavy atom. The molecule has 0 saturated carbocycles. The predicted octanol–water partition coefficient (Wildman–Crippen LogP) is 2.86. The molecule has 0 aliphatic heterocycles. The van der Waals surface area contributed by atoms with E-state index in [4.69, 9.17) is 16.3 Å². The van der Waals surface area contributed by atoms with Crippen LogP contribution in [0.5, 0.6) is 5.75 Å². The van der Waals surface area contributed by atoms with Crippen molar-refractivity contribution in [3.63, 3.8) is 0 Å². The number of rotatable bonds is 5. The molecule has 0 aliphatic carbocycles. The molecule has 8 heteroatoms. The molecule has 1 amide bonds. The van der Waals surface area contributed by atoms with Gasteiger partial charge in [0.25, 0.3) is 5.56 Å². The summed E-state index contributed by atoms with van der Waals surface area (Å²) in [6, 6.07) is 6.36. The van der Waals surface area contributed by atoms with Gasteiger partial charge in [0.2, 0.25) is 5.91 Å². The van der Waals surface area contributed by atoms with E-state index in [9.17, 15) is 9.59 Å². The highest BCUT2D eigenvalue weighted by molar-refractivity contribution is 8.00. The Bertz CT molecular complexity index is 779. The number of thioether (sulfide) groups is 1. The standard InChI is InChI=1S/C15H16ClN3O3S/c1-8-6-13(20)19-15(17-8)23-9(2)14(21)18-11-7-10(16)4-5-12(11)22-3/h4-7,9H,1-3H3,(H,18,21)(H,17,19,20)/t9-/m1/s1. The molecule has 2 N–H and O–H groups in total. The van der Waals surface area contributed by atoms with Crippen LogP contribution in [0.25, 0.3) is 0 Å². The number of amides is 1. The number of nitrogens with one attached hydrogen (secondary N) is 2. The molecule has 1 atom stereocenters. The monoisotopic (exact) mass is 353 g/mol. The van der Waals surface area contributed by atoms with Crippen molar-refractivity contribution in [2.75, 3.05) is 12.4 Å². The fraction of sp³-hybridized carbons (Fsp3) is 0.267. The molecular weight excluding hydrogens is 338 g/mol. The van der Waals surface area contributed by atoms with Gasteiger partial charge in [-0.1, -0.05) is 23.4 Å². The molecule has 6 nitrogen and oxygen atoms in total. The number of aromatic nitrogens is 2. The summed E-state index contributed by atoms with van der Waals surface area (Å²) in [4.78, 5) is 30.5. The summed E-state index contributed by atoms with van der Waals surface area (Å²) in [5.41, 5.74) is 0.840. The Balaban J connectivity index is 2.11. The molecule has 0 unspecified atom stereocenters. The normalized spacial score (nSPS) is 11.8. The molecule has 0 bridgehead atoms. The van der Waals surface area contributed by atoms with Crippen LogP contribution in [0.4, 0.5) is 5.69 Å². The van der Waals surface area contributed by atoms with Crippen molar-refractivity contribution in [3.8, 4) is 5.75 Å². The molecular formula is C15H16ClN3O3S. The first-order valence-corrected chi connectivity index (χ1v) is 8.04. The molecule has 0 fully saturated rings. The van der Waals surface area contributed by atoms with E-state index >= 15 is 0 Å². The number of halogens is 1. The van der Waals surface area contributed by atoms with E-state index in [1.807, 2.05) is 0 Å². The van der Waals surface area contributed by atoms with Gasteiger partial charge in [-0.15, -0.1) is 0 Å². The SMILES string of the molecule is COc1ccc(Cl)cc1NC(=O)[C@@H](C)Sc1nc(C)cc(=O)[nH]1. The minimum Gasteiger partial charge on any atom is -0.495 e. The number of carbonyl (C=O) groups excluding carboxylic acids is 1. The molecule has 2 aromatic rings. The van der Waals surface area contributed by atoms with E-state index < -0.39 is 5.25 Å². The van der Waals surface area contributed by atoms with Gasteiger partial charge in [-0.05, 0) is 32.0 Å². The largest absolute Gasteiger partial charge is 0.495 e. The van der Waals surface area contributed by atoms with Crippen molar-refractivity contribution in [2.24, 2.45) is 0 Å². The summed E-state index contributed by atoms with van der Waals surface area (Å²) >= 11 is 7.10. The van der Waals surface area contributed by atoms with Crippen molar-refractivity contribution in [1.29, 1.82) is 0 Å². The summed E-state index contributed by atoms with van der Waals surface area (Å²) in [5, 5.41) is 3.18. The van der Waals surface area contributed by atoms with Crippen LogP contribution in [0.3, 0.4) is 0 Å². The highest BCUT2D eigenvalue weighted by Crippen LogP contribution is 2.29. The molecule has 23 heavy (non-hydrogen) atoms. The maximum absolute atomic E-state index is 12.3. The van der Waals surface area contributed by atoms with Crippen LogP contribution in [0, 0.1) is 6.92 Å². The number of nitrogens with zero attached hydrogens (tertiary/aromatic N) is 1. The maximum atomic E-state index is 12.3. The third-order valence-corrected chi connectivity index (χ3v) is 4.14. The van der Waals surface area contributed by atoms with Crippen LogP contribution >= 0.6 is 23.4 Å². The Morgan fingerprint density at radius 2 is 2.17 bits per heavy atom. The molecule has 0 spiro atoms. The quantitative estimate of drug-likeness (QED) is 0.637. The second-order valence-electron chi connectivity index (χ2n) is 4.79. The second kappa shape index (κ2) is 7.52. The number of methoxy groups -OCH3 is 1. The summed E-state index contributed by atoms with van der Waals surface area (Å²) in [6.45, 7) is 3.44. The Labute approximate surface area is 142 Å². The van der Waals surface area contributed by atoms with Crippen LogP contribution in [0.15, 0.2) is 34.2 Å². The zero-order valence-corrected chi connectivity index (χ0v) is 14.4. The number of carbonyl (C=O) groups is 1. The first kappa shape index (κ1) is 17.4. The van der Waals surface area contributed by atoms with Crippen molar-refractivity contribution in [1.82, 2.24) is 9.97 Å². The molecule has 1 aromatic carbocycles. The maximum Gasteiger partial charge on any atom is 0.251 e. The number of benzene rings is 1. The van der Waals surface area contributed by atoms with Gasteiger partial charge in [0.1, 0.15) is 5.75 Å². The van der Waals surface area contributed by atoms with E-state index in [2.05, 4.69) is 15.3 Å². The lowest BCUT2D eigenvalue weighted by Crippen LogP contribution is -2.23. The van der Waals surface area contributed by atoms with Crippen molar-refractivity contribution in [3.05, 3.63) is 45.3 Å². The zero-order valence-electron chi connectivity index (χ0n) is 12.8. The van der Waals surface area contributed by atoms with Crippen LogP contribution in [0.1, 0.15) is 12.6 Å². The Hall–Kier alpha value is -1.99. The van der Waals surface area contributed by atoms with E-state index in [0.717, 1.165) is 11.8 Å². The average Bonchev–Trinajstić information content (AvgIpc) is 2.46. The number of H-pyrrole nitrogens is 1. The van der Waals surface area contributed by atoms with E-state index in [1.54, 1.807) is 32.0 Å². The molecule has 1 heterocycles. The number of aromatic amines is 1. The lowest BCUT2D eigenvalue weighted by molar-refractivity contribution is -0.115. The predicted molar refractivity (Wildman–Crippen MR) is 91.5 cm³/mol. The zero-order chi connectivity index (χ0) is 17.0. The summed E-state index contributed by atoms with van der Waals surface area (Å²) in [5.74, 6) is 0.266. The third kappa shape index (κ3) is 4.74. The van der Waals surface area contributed by atoms with Gasteiger partial charge in [0, 0.05) is 16.8 Å². The first-order chi connectivity index (χ1) is 10.9. The number of hydrogen-bond donors (Lipinski definition) is 2. The number of anilines is 1. The topological polar surface area (TPSA) is 84.1 Å². The highest BCUT2D eigenvalue weighted by atomic mass is 35.5. The summed E-state index contributed by atoms with van der Waals surface area (Å²) < 4.78 is 5.19. The minimum atomic E-state index is -0.469. The van der Waals surface area contributed by atoms with Gasteiger partial charge in [0.15, 0.2) is 5.16 Å². The lowest BCUT2D eigenvalue weighted by Gasteiger charge is -2.14. The van der Waals surface area contributed by atoms with Crippen molar-refractivity contribution < 1.29 is 9.53 Å². The minimum absolute atomic E-state index is 0.246. The summed E-state index contributed by atoms with van der Waals surface area (Å²) in [6.07, 6.45) is 0. The second-order valence-corrected chi connectivity index (χ2v) is 6.55. The molecule has 0 saturated heterocycles. The summed E-state index contributed by atoms with van der Waals surface area (Å²) in [7, 11) is 1.51. The third-order valence-electron chi connectivity index (χ3n) is 2.93. The van der Waals surface area contributed by atoms with Crippen LogP contribution in [-0.2, 0) is 4.79 Å². The number of hydrogen-bond acceptors (Lipinski definition) is 5. The van der Waals surface area contributed by atoms with Crippen LogP contribution in [0.2, 0.25) is 5.02 Å². The fourth-order valence-corrected chi connectivity index (χ4v) is 2.87. The Kier molecular flexibility index (Phi) is 5.68. The highest BCUT2D eigenvalue weighted by Gasteiger charge is 2.18. The smallest absolute Gasteiger partial charge is 0.251 e. The van der Waals surface area contributed by atoms with E-state index in [-0.39, 0.29) is 11.5 Å². The van der Waals surface area contributed by atoms with Crippen molar-refractivity contribution >= 4 is 35.0 Å². The van der Waals surface area contributed by atoms with Gasteiger partial charge >= 0.3 is 0 Å². The van der Waals surface area contributed by atoms with E-state index in [1.165, 1.54) is 13.2 Å². The van der Waals surface area contributed by atoms with Gasteiger partial charge in [0.05, 0.1) is 18.0 Å². The molecule has 1 aromatic heterocycles. The molecule has 0 aliphatic rings. The molecule has 2 rings (SSSR count). The number of aryl methyl sites for hydroxylation is 1. The number of ether oxygens (including phenoxy) is 1. The first-order valence-electron chi connectivity index (χ1n) is 6.78. The van der Waals surface area contributed by atoms with Gasteiger partial charge in [-0.25, -0.2) is 4.98 Å². The van der Waals surface area contributed by atoms with Crippen LogP contribution < -0.4 is 15.6 Å². The van der Waals surface area contributed by atoms with Gasteiger partial charge in [-0.3, -0.25) is 9.59 Å². The van der Waals surface area contributed by atoms with Gasteiger partial charge < -0.3 is 15.0 Å². The van der Waals surface area contributed by atoms with E-state index in [0.29, 0.717) is 27.3 Å². The molecule has 122 valence electrons. The Morgan fingerprint density at radius 3 is 2.83 bits per heavy atom. The van der Waals surface area contributed by atoms with Crippen molar-refractivity contribution in [2.45, 2.75) is 24.3 Å². The lowest BCUT2D eigenvalue weighted by atomic mass is 10.3. The van der Waals surface area contributed by atoms with Gasteiger partial charge in [-0.2, -0.15) is 0 Å². The average molecular weight is 354 g/mol. The van der Waals surface area contributed by atoms with Crippen LogP contribution in [-0.4, -0.2) is 28.2 Å². The fourth-order valence-electron chi connectivity index (χ4n) is 1.84. The molecule has 0 radical (unpaired) electrons.